The summed E-state index contributed by atoms with van der Waals surface area (Å²) in [5.41, 5.74) is 0. The zero-order valence-electron chi connectivity index (χ0n) is 7.63. The number of piperazine rings is 1. The lowest BCUT2D eigenvalue weighted by atomic mass is 10.1. The minimum Gasteiger partial charge on any atom is -0.311 e. The molecule has 68 valence electrons. The molecule has 1 aliphatic carbocycles. The first-order valence-corrected chi connectivity index (χ1v) is 5.41. The number of hydrogen-bond donors (Lipinski definition) is 1. The molecule has 2 heteroatoms. The van der Waals surface area contributed by atoms with Crippen molar-refractivity contribution in [3.05, 3.63) is 0 Å². The highest BCUT2D eigenvalue weighted by Crippen LogP contribution is 2.35. The maximum absolute atomic E-state index is 3.71. The Kier molecular flexibility index (Phi) is 1.66. The summed E-state index contributed by atoms with van der Waals surface area (Å²) in [4.78, 5) is 2.71. The van der Waals surface area contributed by atoms with Crippen LogP contribution < -0.4 is 5.32 Å². The smallest absolute Gasteiger partial charge is 0.0224 e. The van der Waals surface area contributed by atoms with Crippen LogP contribution in [0.3, 0.4) is 0 Å². The van der Waals surface area contributed by atoms with Gasteiger partial charge >= 0.3 is 0 Å². The van der Waals surface area contributed by atoms with E-state index in [4.69, 9.17) is 0 Å². The number of rotatable bonds is 1. The molecule has 0 spiro atoms. The van der Waals surface area contributed by atoms with Gasteiger partial charge in [-0.05, 0) is 38.1 Å². The van der Waals surface area contributed by atoms with E-state index in [-0.39, 0.29) is 0 Å². The van der Waals surface area contributed by atoms with Gasteiger partial charge in [-0.25, -0.2) is 0 Å². The second kappa shape index (κ2) is 2.71. The molecule has 2 aliphatic heterocycles. The first-order valence-electron chi connectivity index (χ1n) is 5.41. The quantitative estimate of drug-likeness (QED) is 0.621. The van der Waals surface area contributed by atoms with E-state index in [2.05, 4.69) is 10.2 Å². The fraction of sp³-hybridized carbons (Fsp3) is 1.00. The van der Waals surface area contributed by atoms with E-state index in [1.54, 1.807) is 0 Å². The summed E-state index contributed by atoms with van der Waals surface area (Å²) in [5, 5.41) is 3.71. The van der Waals surface area contributed by atoms with Gasteiger partial charge in [-0.15, -0.1) is 0 Å². The van der Waals surface area contributed by atoms with Crippen molar-refractivity contribution in [3.8, 4) is 0 Å². The Balaban J connectivity index is 1.64. The molecular weight excluding hydrogens is 148 g/mol. The second-order valence-electron chi connectivity index (χ2n) is 4.64. The van der Waals surface area contributed by atoms with Crippen LogP contribution >= 0.6 is 0 Å². The van der Waals surface area contributed by atoms with E-state index in [9.17, 15) is 0 Å². The Morgan fingerprint density at radius 1 is 1.17 bits per heavy atom. The Morgan fingerprint density at radius 3 is 2.92 bits per heavy atom. The van der Waals surface area contributed by atoms with Crippen molar-refractivity contribution in [2.24, 2.45) is 5.92 Å². The van der Waals surface area contributed by atoms with Crippen LogP contribution in [0, 0.1) is 5.92 Å². The lowest BCUT2D eigenvalue weighted by molar-refractivity contribution is 0.163. The SMILES string of the molecule is C1CC2CNC(C3CC3)CN2C1. The van der Waals surface area contributed by atoms with Gasteiger partial charge in [0.2, 0.25) is 0 Å². The summed E-state index contributed by atoms with van der Waals surface area (Å²) in [6.07, 6.45) is 5.83. The molecule has 2 saturated heterocycles. The fourth-order valence-corrected chi connectivity index (χ4v) is 2.79. The predicted molar refractivity (Wildman–Crippen MR) is 49.1 cm³/mol. The van der Waals surface area contributed by atoms with Crippen LogP contribution in [0.15, 0.2) is 0 Å². The molecule has 2 atom stereocenters. The van der Waals surface area contributed by atoms with Crippen LogP contribution in [-0.4, -0.2) is 36.6 Å². The van der Waals surface area contributed by atoms with Gasteiger partial charge in [0, 0.05) is 25.2 Å². The average Bonchev–Trinajstić information content (AvgIpc) is 2.84. The summed E-state index contributed by atoms with van der Waals surface area (Å²) >= 11 is 0. The first-order chi connectivity index (χ1) is 5.93. The third-order valence-corrected chi connectivity index (χ3v) is 3.74. The van der Waals surface area contributed by atoms with Gasteiger partial charge < -0.3 is 5.32 Å². The van der Waals surface area contributed by atoms with Crippen molar-refractivity contribution < 1.29 is 0 Å². The predicted octanol–water partition coefficient (Wildman–Crippen LogP) is 0.833. The van der Waals surface area contributed by atoms with Crippen LogP contribution in [-0.2, 0) is 0 Å². The molecule has 0 radical (unpaired) electrons. The monoisotopic (exact) mass is 166 g/mol. The number of fused-ring (bicyclic) bond motifs is 1. The van der Waals surface area contributed by atoms with Crippen molar-refractivity contribution in [2.75, 3.05) is 19.6 Å². The van der Waals surface area contributed by atoms with E-state index in [0.29, 0.717) is 0 Å². The fourth-order valence-electron chi connectivity index (χ4n) is 2.79. The molecule has 2 heterocycles. The molecule has 0 amide bonds. The summed E-state index contributed by atoms with van der Waals surface area (Å²) < 4.78 is 0. The maximum Gasteiger partial charge on any atom is 0.0224 e. The second-order valence-corrected chi connectivity index (χ2v) is 4.64. The van der Waals surface area contributed by atoms with E-state index >= 15 is 0 Å². The van der Waals surface area contributed by atoms with Gasteiger partial charge in [-0.1, -0.05) is 0 Å². The van der Waals surface area contributed by atoms with Crippen molar-refractivity contribution in [1.29, 1.82) is 0 Å². The Bertz CT molecular complexity index is 177. The van der Waals surface area contributed by atoms with Crippen molar-refractivity contribution in [1.82, 2.24) is 10.2 Å². The molecule has 0 bridgehead atoms. The molecule has 2 nitrogen and oxygen atoms in total. The van der Waals surface area contributed by atoms with Crippen molar-refractivity contribution in [2.45, 2.75) is 37.8 Å². The first kappa shape index (κ1) is 7.34. The summed E-state index contributed by atoms with van der Waals surface area (Å²) in [6, 6.07) is 1.74. The molecule has 1 N–H and O–H groups in total. The summed E-state index contributed by atoms with van der Waals surface area (Å²) in [7, 11) is 0. The highest BCUT2D eigenvalue weighted by molar-refractivity contribution is 4.96. The zero-order chi connectivity index (χ0) is 7.97. The zero-order valence-corrected chi connectivity index (χ0v) is 7.63. The van der Waals surface area contributed by atoms with E-state index in [1.165, 1.54) is 45.3 Å². The highest BCUT2D eigenvalue weighted by Gasteiger charge is 2.38. The molecule has 3 aliphatic rings. The average molecular weight is 166 g/mol. The Hall–Kier alpha value is -0.0800. The van der Waals surface area contributed by atoms with E-state index in [1.807, 2.05) is 0 Å². The van der Waals surface area contributed by atoms with Crippen LogP contribution in [0.2, 0.25) is 0 Å². The lowest BCUT2D eigenvalue weighted by Crippen LogP contribution is -2.54. The normalized spacial score (nSPS) is 43.0. The highest BCUT2D eigenvalue weighted by atomic mass is 15.2. The Labute approximate surface area is 74.3 Å². The van der Waals surface area contributed by atoms with E-state index < -0.39 is 0 Å². The molecule has 0 aromatic rings. The lowest BCUT2D eigenvalue weighted by Gasteiger charge is -2.36. The van der Waals surface area contributed by atoms with Gasteiger partial charge in [-0.2, -0.15) is 0 Å². The van der Waals surface area contributed by atoms with Crippen LogP contribution in [0.25, 0.3) is 0 Å². The molecule has 3 rings (SSSR count). The van der Waals surface area contributed by atoms with Crippen LogP contribution in [0.4, 0.5) is 0 Å². The van der Waals surface area contributed by atoms with Gasteiger partial charge in [0.25, 0.3) is 0 Å². The third kappa shape index (κ3) is 1.17. The standard InChI is InChI=1S/C10H18N2/c1-2-9-6-11-10(8-3-4-8)7-12(9)5-1/h8-11H,1-7H2. The molecular formula is C10H18N2. The topological polar surface area (TPSA) is 15.3 Å². The third-order valence-electron chi connectivity index (χ3n) is 3.74. The largest absolute Gasteiger partial charge is 0.311 e. The molecule has 12 heavy (non-hydrogen) atoms. The van der Waals surface area contributed by atoms with Gasteiger partial charge in [0.15, 0.2) is 0 Å². The molecule has 0 aromatic heterocycles. The number of hydrogen-bond acceptors (Lipinski definition) is 2. The van der Waals surface area contributed by atoms with Gasteiger partial charge in [0.1, 0.15) is 0 Å². The number of nitrogens with one attached hydrogen (secondary N) is 1. The molecule has 3 fully saturated rings. The van der Waals surface area contributed by atoms with Gasteiger partial charge in [-0.3, -0.25) is 4.90 Å². The van der Waals surface area contributed by atoms with Gasteiger partial charge in [0.05, 0.1) is 0 Å². The minimum absolute atomic E-state index is 0.847. The summed E-state index contributed by atoms with van der Waals surface area (Å²) in [6.45, 7) is 3.98. The minimum atomic E-state index is 0.847. The van der Waals surface area contributed by atoms with Crippen molar-refractivity contribution >= 4 is 0 Å². The maximum atomic E-state index is 3.71. The molecule has 0 aromatic carbocycles. The van der Waals surface area contributed by atoms with Crippen LogP contribution in [0.1, 0.15) is 25.7 Å². The molecule has 1 saturated carbocycles. The van der Waals surface area contributed by atoms with Crippen LogP contribution in [0.5, 0.6) is 0 Å². The van der Waals surface area contributed by atoms with Crippen molar-refractivity contribution in [3.63, 3.8) is 0 Å². The van der Waals surface area contributed by atoms with E-state index in [0.717, 1.165) is 18.0 Å². The summed E-state index contributed by atoms with van der Waals surface area (Å²) in [5.74, 6) is 1.03. The number of nitrogens with zero attached hydrogens (tertiary/aromatic N) is 1. The Morgan fingerprint density at radius 2 is 2.08 bits per heavy atom. The molecule has 2 unspecified atom stereocenters.